The third-order valence-electron chi connectivity index (χ3n) is 2.64. The van der Waals surface area contributed by atoms with Crippen LogP contribution in [-0.2, 0) is 0 Å². The van der Waals surface area contributed by atoms with Crippen LogP contribution in [0.5, 0.6) is 0 Å². The van der Waals surface area contributed by atoms with E-state index in [1.54, 1.807) is 0 Å². The lowest BCUT2D eigenvalue weighted by Crippen LogP contribution is -2.39. The molecule has 1 N–H and O–H groups in total. The maximum Gasteiger partial charge on any atom is 0.0763 e. The van der Waals surface area contributed by atoms with Crippen molar-refractivity contribution < 1.29 is 5.11 Å². The minimum atomic E-state index is -0.235. The number of rotatable bonds is 8. The van der Waals surface area contributed by atoms with Crippen LogP contribution in [0.2, 0.25) is 0 Å². The third-order valence-corrected chi connectivity index (χ3v) is 3.38. The standard InChI is InChI=1S/C11H24BrNO/c1-4-6-7-13(10(3)5-2)9-11(14)8-12/h10-11,14H,4-9H2,1-3H3. The van der Waals surface area contributed by atoms with Crippen molar-refractivity contribution in [1.29, 1.82) is 0 Å². The van der Waals surface area contributed by atoms with Gasteiger partial charge in [-0.3, -0.25) is 4.90 Å². The monoisotopic (exact) mass is 265 g/mol. The van der Waals surface area contributed by atoms with Crippen molar-refractivity contribution in [2.75, 3.05) is 18.4 Å². The van der Waals surface area contributed by atoms with Crippen LogP contribution in [0, 0.1) is 0 Å². The second kappa shape index (κ2) is 8.69. The van der Waals surface area contributed by atoms with Crippen molar-refractivity contribution in [3.63, 3.8) is 0 Å². The number of aliphatic hydroxyl groups is 1. The van der Waals surface area contributed by atoms with Crippen molar-refractivity contribution in [3.05, 3.63) is 0 Å². The molecular weight excluding hydrogens is 242 g/mol. The number of halogens is 1. The summed E-state index contributed by atoms with van der Waals surface area (Å²) in [5.74, 6) is 0. The molecule has 0 amide bonds. The van der Waals surface area contributed by atoms with Crippen LogP contribution in [0.1, 0.15) is 40.0 Å². The van der Waals surface area contributed by atoms with Crippen molar-refractivity contribution in [1.82, 2.24) is 4.90 Å². The lowest BCUT2D eigenvalue weighted by atomic mass is 10.2. The molecule has 0 spiro atoms. The van der Waals surface area contributed by atoms with Gasteiger partial charge in [0.1, 0.15) is 0 Å². The van der Waals surface area contributed by atoms with Gasteiger partial charge in [0.25, 0.3) is 0 Å². The Bertz CT molecular complexity index is 132. The van der Waals surface area contributed by atoms with E-state index in [0.29, 0.717) is 11.4 Å². The van der Waals surface area contributed by atoms with Crippen LogP contribution in [0.3, 0.4) is 0 Å². The highest BCUT2D eigenvalue weighted by Crippen LogP contribution is 2.07. The van der Waals surface area contributed by atoms with Gasteiger partial charge < -0.3 is 5.11 Å². The molecule has 2 atom stereocenters. The zero-order valence-electron chi connectivity index (χ0n) is 9.67. The number of hydrogen-bond donors (Lipinski definition) is 1. The molecule has 0 heterocycles. The first-order valence-corrected chi connectivity index (χ1v) is 6.75. The highest BCUT2D eigenvalue weighted by atomic mass is 79.9. The van der Waals surface area contributed by atoms with E-state index in [4.69, 9.17) is 0 Å². The largest absolute Gasteiger partial charge is 0.391 e. The Labute approximate surface area is 96.8 Å². The zero-order chi connectivity index (χ0) is 11.0. The molecule has 2 nitrogen and oxygen atoms in total. The zero-order valence-corrected chi connectivity index (χ0v) is 11.3. The summed E-state index contributed by atoms with van der Waals surface area (Å²) in [6, 6.07) is 0.579. The van der Waals surface area contributed by atoms with Gasteiger partial charge in [-0.2, -0.15) is 0 Å². The first-order chi connectivity index (χ1) is 6.65. The molecule has 0 aromatic rings. The van der Waals surface area contributed by atoms with E-state index in [2.05, 4.69) is 41.6 Å². The molecule has 0 aliphatic rings. The lowest BCUT2D eigenvalue weighted by molar-refractivity contribution is 0.104. The normalized spacial score (nSPS) is 15.9. The summed E-state index contributed by atoms with van der Waals surface area (Å²) < 4.78 is 0. The molecule has 86 valence electrons. The average Bonchev–Trinajstić information content (AvgIpc) is 2.22. The number of aliphatic hydroxyl groups excluding tert-OH is 1. The molecule has 0 radical (unpaired) electrons. The van der Waals surface area contributed by atoms with Crippen molar-refractivity contribution in [3.8, 4) is 0 Å². The maximum absolute atomic E-state index is 9.58. The van der Waals surface area contributed by atoms with Crippen LogP contribution in [0.25, 0.3) is 0 Å². The number of nitrogens with zero attached hydrogens (tertiary/aromatic N) is 1. The lowest BCUT2D eigenvalue weighted by Gasteiger charge is -2.29. The highest BCUT2D eigenvalue weighted by molar-refractivity contribution is 9.09. The molecule has 0 saturated carbocycles. The quantitative estimate of drug-likeness (QED) is 0.683. The summed E-state index contributed by atoms with van der Waals surface area (Å²) in [5.41, 5.74) is 0. The fourth-order valence-corrected chi connectivity index (χ4v) is 1.64. The van der Waals surface area contributed by atoms with Gasteiger partial charge in [-0.05, 0) is 26.3 Å². The molecule has 3 heteroatoms. The van der Waals surface area contributed by atoms with E-state index in [1.807, 2.05) is 0 Å². The van der Waals surface area contributed by atoms with E-state index in [9.17, 15) is 5.11 Å². The Kier molecular flexibility index (Phi) is 8.94. The van der Waals surface area contributed by atoms with Gasteiger partial charge in [-0.1, -0.05) is 36.2 Å². The van der Waals surface area contributed by atoms with Crippen LogP contribution < -0.4 is 0 Å². The average molecular weight is 266 g/mol. The summed E-state index contributed by atoms with van der Waals surface area (Å²) in [5, 5.41) is 10.3. The van der Waals surface area contributed by atoms with Crippen molar-refractivity contribution in [2.24, 2.45) is 0 Å². The fourth-order valence-electron chi connectivity index (χ4n) is 1.43. The number of alkyl halides is 1. The van der Waals surface area contributed by atoms with Crippen LogP contribution in [-0.4, -0.2) is 40.6 Å². The third kappa shape index (κ3) is 5.99. The summed E-state index contributed by atoms with van der Waals surface area (Å²) >= 11 is 3.31. The SMILES string of the molecule is CCCCN(CC(O)CBr)C(C)CC. The van der Waals surface area contributed by atoms with E-state index < -0.39 is 0 Å². The minimum Gasteiger partial charge on any atom is -0.391 e. The van der Waals surface area contributed by atoms with E-state index in [1.165, 1.54) is 12.8 Å². The molecule has 0 aliphatic carbocycles. The predicted octanol–water partition coefficient (Wildman–Crippen LogP) is 2.64. The summed E-state index contributed by atoms with van der Waals surface area (Å²) in [7, 11) is 0. The van der Waals surface area contributed by atoms with Gasteiger partial charge in [0.2, 0.25) is 0 Å². The Hall–Kier alpha value is 0.400. The van der Waals surface area contributed by atoms with Gasteiger partial charge >= 0.3 is 0 Å². The van der Waals surface area contributed by atoms with Gasteiger partial charge in [0.05, 0.1) is 6.10 Å². The number of hydrogen-bond acceptors (Lipinski definition) is 2. The van der Waals surface area contributed by atoms with Crippen LogP contribution >= 0.6 is 15.9 Å². The van der Waals surface area contributed by atoms with E-state index in [-0.39, 0.29) is 6.10 Å². The van der Waals surface area contributed by atoms with E-state index in [0.717, 1.165) is 19.5 Å². The first kappa shape index (κ1) is 14.4. The molecule has 0 aromatic carbocycles. The summed E-state index contributed by atoms with van der Waals surface area (Å²) in [4.78, 5) is 2.38. The van der Waals surface area contributed by atoms with E-state index >= 15 is 0 Å². The Morgan fingerprint density at radius 1 is 1.36 bits per heavy atom. The summed E-state index contributed by atoms with van der Waals surface area (Å²) in [6.45, 7) is 8.53. The minimum absolute atomic E-state index is 0.235. The molecule has 0 saturated heterocycles. The van der Waals surface area contributed by atoms with Gasteiger partial charge in [-0.25, -0.2) is 0 Å². The van der Waals surface area contributed by atoms with Gasteiger partial charge in [-0.15, -0.1) is 0 Å². The maximum atomic E-state index is 9.58. The number of unbranched alkanes of at least 4 members (excludes halogenated alkanes) is 1. The molecule has 0 aliphatic heterocycles. The van der Waals surface area contributed by atoms with Gasteiger partial charge in [0, 0.05) is 17.9 Å². The Morgan fingerprint density at radius 2 is 2.00 bits per heavy atom. The van der Waals surface area contributed by atoms with Crippen LogP contribution in [0.4, 0.5) is 0 Å². The molecule has 0 fully saturated rings. The highest BCUT2D eigenvalue weighted by Gasteiger charge is 2.14. The van der Waals surface area contributed by atoms with Crippen molar-refractivity contribution in [2.45, 2.75) is 52.2 Å². The Morgan fingerprint density at radius 3 is 2.43 bits per heavy atom. The van der Waals surface area contributed by atoms with Crippen LogP contribution in [0.15, 0.2) is 0 Å². The smallest absolute Gasteiger partial charge is 0.0763 e. The molecule has 2 unspecified atom stereocenters. The summed E-state index contributed by atoms with van der Waals surface area (Å²) in [6.07, 6.45) is 3.36. The topological polar surface area (TPSA) is 23.5 Å². The fraction of sp³-hybridized carbons (Fsp3) is 1.00. The van der Waals surface area contributed by atoms with Crippen molar-refractivity contribution >= 4 is 15.9 Å². The second-order valence-corrected chi connectivity index (χ2v) is 4.56. The Balaban J connectivity index is 3.96. The second-order valence-electron chi connectivity index (χ2n) is 3.91. The first-order valence-electron chi connectivity index (χ1n) is 5.63. The molecule has 0 rings (SSSR count). The predicted molar refractivity (Wildman–Crippen MR) is 66.0 cm³/mol. The molecular formula is C11H24BrNO. The molecule has 0 aromatic heterocycles. The molecule has 14 heavy (non-hydrogen) atoms. The van der Waals surface area contributed by atoms with Gasteiger partial charge in [0.15, 0.2) is 0 Å². The molecule has 0 bridgehead atoms.